The lowest BCUT2D eigenvalue weighted by atomic mass is 10.2. The maximum absolute atomic E-state index is 11.1. The summed E-state index contributed by atoms with van der Waals surface area (Å²) in [6.07, 6.45) is 2.40. The molecule has 0 radical (unpaired) electrons. The number of amides is 1. The highest BCUT2D eigenvalue weighted by Crippen LogP contribution is 2.18. The van der Waals surface area contributed by atoms with E-state index in [1.807, 2.05) is 0 Å². The molecule has 5 heteroatoms. The molecule has 0 aromatic rings. The van der Waals surface area contributed by atoms with E-state index in [-0.39, 0.29) is 18.3 Å². The predicted octanol–water partition coefficient (Wildman–Crippen LogP) is -0.213. The molecule has 78 valence electrons. The van der Waals surface area contributed by atoms with Gasteiger partial charge in [0.2, 0.25) is 5.91 Å². The van der Waals surface area contributed by atoms with E-state index in [0.29, 0.717) is 25.4 Å². The zero-order valence-electron chi connectivity index (χ0n) is 7.53. The van der Waals surface area contributed by atoms with Gasteiger partial charge in [0, 0.05) is 6.04 Å². The summed E-state index contributed by atoms with van der Waals surface area (Å²) in [6, 6.07) is 0.324. The van der Waals surface area contributed by atoms with Crippen molar-refractivity contribution in [1.82, 2.24) is 5.32 Å². The van der Waals surface area contributed by atoms with E-state index >= 15 is 0 Å². The van der Waals surface area contributed by atoms with Crippen LogP contribution in [0, 0.1) is 0 Å². The van der Waals surface area contributed by atoms with Crippen LogP contribution in [-0.4, -0.2) is 29.7 Å². The Kier molecular flexibility index (Phi) is 6.03. The van der Waals surface area contributed by atoms with Gasteiger partial charge >= 0.3 is 0 Å². The fraction of sp³-hybridized carbons (Fsp3) is 0.875. The van der Waals surface area contributed by atoms with Crippen LogP contribution in [0.25, 0.3) is 0 Å². The number of aliphatic hydroxyl groups is 1. The van der Waals surface area contributed by atoms with Crippen LogP contribution in [0.2, 0.25) is 0 Å². The molecule has 1 aliphatic carbocycles. The van der Waals surface area contributed by atoms with Crippen molar-refractivity contribution in [2.24, 2.45) is 5.73 Å². The fourth-order valence-electron chi connectivity index (χ4n) is 0.967. The third-order valence-electron chi connectivity index (χ3n) is 1.91. The molecular formula is C8H17ClN2O2. The zero-order chi connectivity index (χ0) is 8.97. The fourth-order valence-corrected chi connectivity index (χ4v) is 0.967. The summed E-state index contributed by atoms with van der Waals surface area (Å²) >= 11 is 0. The number of carbonyl (C=O) groups is 1. The molecule has 0 bridgehead atoms. The van der Waals surface area contributed by atoms with Gasteiger partial charge in [0.05, 0.1) is 0 Å². The lowest BCUT2D eigenvalue weighted by molar-refractivity contribution is -0.129. The highest BCUT2D eigenvalue weighted by Gasteiger charge is 2.25. The molecule has 1 aliphatic rings. The molecule has 0 aromatic heterocycles. The Hall–Kier alpha value is -0.320. The monoisotopic (exact) mass is 208 g/mol. The van der Waals surface area contributed by atoms with Crippen LogP contribution in [0.5, 0.6) is 0 Å². The lowest BCUT2D eigenvalue weighted by Gasteiger charge is -2.09. The molecule has 4 nitrogen and oxygen atoms in total. The Morgan fingerprint density at radius 2 is 2.23 bits per heavy atom. The van der Waals surface area contributed by atoms with Gasteiger partial charge in [0.15, 0.2) is 0 Å². The van der Waals surface area contributed by atoms with Gasteiger partial charge in [-0.05, 0) is 32.2 Å². The average molecular weight is 209 g/mol. The summed E-state index contributed by atoms with van der Waals surface area (Å²) < 4.78 is 0. The van der Waals surface area contributed by atoms with Crippen molar-refractivity contribution in [2.75, 3.05) is 6.54 Å². The standard InChI is InChI=1S/C8H16N2O2.ClH/c9-5-1-2-7(11)8(12)10-6-3-4-6;/h6-7,11H,1-5,9H2,(H,10,12);1H. The minimum atomic E-state index is -0.867. The van der Waals surface area contributed by atoms with E-state index in [0.717, 1.165) is 12.8 Å². The highest BCUT2D eigenvalue weighted by atomic mass is 35.5. The van der Waals surface area contributed by atoms with Gasteiger partial charge in [0.25, 0.3) is 0 Å². The van der Waals surface area contributed by atoms with Gasteiger partial charge in [-0.3, -0.25) is 4.79 Å². The molecule has 0 aromatic carbocycles. The second-order valence-electron chi connectivity index (χ2n) is 3.23. The number of hydrogen-bond acceptors (Lipinski definition) is 3. The van der Waals surface area contributed by atoms with E-state index in [1.54, 1.807) is 0 Å². The maximum atomic E-state index is 11.1. The molecule has 4 N–H and O–H groups in total. The van der Waals surface area contributed by atoms with Gasteiger partial charge in [-0.25, -0.2) is 0 Å². The van der Waals surface area contributed by atoms with Crippen molar-refractivity contribution in [1.29, 1.82) is 0 Å². The molecule has 1 unspecified atom stereocenters. The largest absolute Gasteiger partial charge is 0.383 e. The van der Waals surface area contributed by atoms with E-state index in [1.165, 1.54) is 0 Å². The first-order chi connectivity index (χ1) is 5.74. The number of nitrogens with one attached hydrogen (secondary N) is 1. The molecule has 13 heavy (non-hydrogen) atoms. The third kappa shape index (κ3) is 5.08. The number of hydrogen-bond donors (Lipinski definition) is 3. The number of aliphatic hydroxyl groups excluding tert-OH is 1. The van der Waals surface area contributed by atoms with Crippen LogP contribution >= 0.6 is 12.4 Å². The minimum absolute atomic E-state index is 0. The van der Waals surface area contributed by atoms with Gasteiger partial charge < -0.3 is 16.2 Å². The van der Waals surface area contributed by atoms with Gasteiger partial charge in [-0.2, -0.15) is 0 Å². The lowest BCUT2D eigenvalue weighted by Crippen LogP contribution is -2.36. The van der Waals surface area contributed by atoms with E-state index < -0.39 is 6.10 Å². The van der Waals surface area contributed by atoms with Gasteiger partial charge in [-0.15, -0.1) is 12.4 Å². The highest BCUT2D eigenvalue weighted by molar-refractivity contribution is 5.85. The van der Waals surface area contributed by atoms with Crippen molar-refractivity contribution >= 4 is 18.3 Å². The van der Waals surface area contributed by atoms with Crippen LogP contribution in [0.1, 0.15) is 25.7 Å². The molecule has 0 heterocycles. The molecule has 1 amide bonds. The van der Waals surface area contributed by atoms with Crippen molar-refractivity contribution < 1.29 is 9.90 Å². The van der Waals surface area contributed by atoms with Gasteiger partial charge in [-0.1, -0.05) is 0 Å². The summed E-state index contributed by atoms with van der Waals surface area (Å²) in [5.41, 5.74) is 5.25. The summed E-state index contributed by atoms with van der Waals surface area (Å²) in [6.45, 7) is 0.522. The molecule has 0 aliphatic heterocycles. The molecule has 1 rings (SSSR count). The molecule has 1 saturated carbocycles. The topological polar surface area (TPSA) is 75.3 Å². The van der Waals surface area contributed by atoms with E-state index in [2.05, 4.69) is 5.32 Å². The number of carbonyl (C=O) groups excluding carboxylic acids is 1. The smallest absolute Gasteiger partial charge is 0.249 e. The Morgan fingerprint density at radius 1 is 1.62 bits per heavy atom. The minimum Gasteiger partial charge on any atom is -0.383 e. The second kappa shape index (κ2) is 6.18. The Balaban J connectivity index is 0.00000144. The number of nitrogens with two attached hydrogens (primary N) is 1. The summed E-state index contributed by atoms with van der Waals surface area (Å²) in [5, 5.41) is 12.0. The van der Waals surface area contributed by atoms with Crippen molar-refractivity contribution in [3.63, 3.8) is 0 Å². The number of rotatable bonds is 5. The molecular weight excluding hydrogens is 192 g/mol. The molecule has 1 atom stereocenters. The van der Waals surface area contributed by atoms with E-state index in [4.69, 9.17) is 5.73 Å². The number of halogens is 1. The summed E-state index contributed by atoms with van der Waals surface area (Å²) in [4.78, 5) is 11.1. The van der Waals surface area contributed by atoms with Gasteiger partial charge in [0.1, 0.15) is 6.10 Å². The normalized spacial score (nSPS) is 17.4. The summed E-state index contributed by atoms with van der Waals surface area (Å²) in [7, 11) is 0. The van der Waals surface area contributed by atoms with Crippen molar-refractivity contribution in [3.05, 3.63) is 0 Å². The molecule has 0 saturated heterocycles. The predicted molar refractivity (Wildman–Crippen MR) is 52.7 cm³/mol. The van der Waals surface area contributed by atoms with Crippen molar-refractivity contribution in [2.45, 2.75) is 37.8 Å². The summed E-state index contributed by atoms with van der Waals surface area (Å²) in [5.74, 6) is -0.244. The first-order valence-corrected chi connectivity index (χ1v) is 4.42. The van der Waals surface area contributed by atoms with Crippen LogP contribution in [0.4, 0.5) is 0 Å². The first-order valence-electron chi connectivity index (χ1n) is 4.42. The maximum Gasteiger partial charge on any atom is 0.249 e. The first kappa shape index (κ1) is 12.7. The Morgan fingerprint density at radius 3 is 2.69 bits per heavy atom. The third-order valence-corrected chi connectivity index (χ3v) is 1.91. The Bertz CT molecular complexity index is 162. The van der Waals surface area contributed by atoms with E-state index in [9.17, 15) is 9.90 Å². The SMILES string of the molecule is Cl.NCCCC(O)C(=O)NC1CC1. The quantitative estimate of drug-likeness (QED) is 0.585. The van der Waals surface area contributed by atoms with Crippen LogP contribution in [-0.2, 0) is 4.79 Å². The van der Waals surface area contributed by atoms with Crippen LogP contribution in [0.3, 0.4) is 0 Å². The molecule has 0 spiro atoms. The van der Waals surface area contributed by atoms with Crippen LogP contribution < -0.4 is 11.1 Å². The average Bonchev–Trinajstić information content (AvgIpc) is 2.83. The Labute approximate surface area is 84.3 Å². The zero-order valence-corrected chi connectivity index (χ0v) is 8.35. The van der Waals surface area contributed by atoms with Crippen LogP contribution in [0.15, 0.2) is 0 Å². The van der Waals surface area contributed by atoms with Crippen molar-refractivity contribution in [3.8, 4) is 0 Å². The molecule has 1 fully saturated rings. The second-order valence-corrected chi connectivity index (χ2v) is 3.23.